The van der Waals surface area contributed by atoms with Crippen molar-refractivity contribution in [1.82, 2.24) is 5.32 Å². The van der Waals surface area contributed by atoms with Crippen LogP contribution < -0.4 is 5.32 Å². The first-order valence-corrected chi connectivity index (χ1v) is 25.3. The highest BCUT2D eigenvalue weighted by atomic mass is 16.5. The Morgan fingerprint density at radius 2 is 0.937 bits per heavy atom. The summed E-state index contributed by atoms with van der Waals surface area (Å²) in [4.78, 5) is 26.1. The molecule has 3 unspecified atom stereocenters. The molecular formula is C57H93NO5. The average Bonchev–Trinajstić information content (AvgIpc) is 3.28. The normalized spacial score (nSPS) is 14.3. The van der Waals surface area contributed by atoms with Crippen LogP contribution in [0.3, 0.4) is 0 Å². The maximum atomic E-state index is 13.2. The highest BCUT2D eigenvalue weighted by Crippen LogP contribution is 2.16. The molecule has 0 aromatic rings. The zero-order valence-corrected chi connectivity index (χ0v) is 40.4. The molecule has 3 atom stereocenters. The zero-order chi connectivity index (χ0) is 45.9. The molecular weight excluding hydrogens is 779 g/mol. The molecule has 0 bridgehead atoms. The van der Waals surface area contributed by atoms with E-state index in [2.05, 4.69) is 86.8 Å². The molecule has 0 fully saturated rings. The minimum atomic E-state index is -0.824. The topological polar surface area (TPSA) is 95.9 Å². The number of carbonyl (C=O) groups is 2. The zero-order valence-electron chi connectivity index (χ0n) is 40.4. The highest BCUT2D eigenvalue weighted by molar-refractivity contribution is 5.77. The lowest BCUT2D eigenvalue weighted by molar-refractivity contribution is -0.151. The maximum Gasteiger partial charge on any atom is 0.306 e. The van der Waals surface area contributed by atoms with Gasteiger partial charge in [0, 0.05) is 6.42 Å². The van der Waals surface area contributed by atoms with Crippen LogP contribution in [0.25, 0.3) is 0 Å². The molecule has 356 valence electrons. The number of hydrogen-bond acceptors (Lipinski definition) is 5. The first-order valence-electron chi connectivity index (χ1n) is 25.3. The number of esters is 1. The van der Waals surface area contributed by atoms with E-state index in [1.807, 2.05) is 60.8 Å². The van der Waals surface area contributed by atoms with Crippen molar-refractivity contribution in [2.24, 2.45) is 0 Å². The van der Waals surface area contributed by atoms with Crippen LogP contribution in [0.5, 0.6) is 0 Å². The molecule has 6 heteroatoms. The lowest BCUT2D eigenvalue weighted by Crippen LogP contribution is -2.46. The summed E-state index contributed by atoms with van der Waals surface area (Å²) in [6, 6.07) is -0.745. The van der Waals surface area contributed by atoms with Crippen LogP contribution in [0.15, 0.2) is 122 Å². The minimum absolute atomic E-state index is 0.00323. The Hall–Kier alpha value is -3.74. The average molecular weight is 872 g/mol. The van der Waals surface area contributed by atoms with Crippen LogP contribution in [0.4, 0.5) is 0 Å². The van der Waals surface area contributed by atoms with E-state index in [0.717, 1.165) is 64.2 Å². The van der Waals surface area contributed by atoms with Gasteiger partial charge >= 0.3 is 5.97 Å². The van der Waals surface area contributed by atoms with Crippen molar-refractivity contribution >= 4 is 11.9 Å². The molecule has 0 aromatic carbocycles. The smallest absolute Gasteiger partial charge is 0.306 e. The Morgan fingerprint density at radius 3 is 1.46 bits per heavy atom. The first kappa shape index (κ1) is 59.3. The number of amides is 1. The summed E-state index contributed by atoms with van der Waals surface area (Å²) in [5, 5.41) is 23.7. The second kappa shape index (κ2) is 49.3. The number of ether oxygens (including phenoxy) is 1. The SMILES string of the molecule is CC\C=C/C=C/C=C/C=C\C=C\C=C\CCCC(CC(=O)NC(CO)C(O)CCCCCCCCCCCCCC)OC(=O)CCC/C=C\C/C=C\C/C=C\C/C=C\CCCCC. The Balaban J connectivity index is 4.85. The molecule has 63 heavy (non-hydrogen) atoms. The summed E-state index contributed by atoms with van der Waals surface area (Å²) in [6.07, 6.45) is 68.3. The number of hydrogen-bond donors (Lipinski definition) is 3. The van der Waals surface area contributed by atoms with Crippen molar-refractivity contribution in [1.29, 1.82) is 0 Å². The van der Waals surface area contributed by atoms with Crippen molar-refractivity contribution in [3.05, 3.63) is 122 Å². The fraction of sp³-hybridized carbons (Fsp3) is 0.614. The molecule has 0 aliphatic carbocycles. The van der Waals surface area contributed by atoms with E-state index >= 15 is 0 Å². The van der Waals surface area contributed by atoms with E-state index in [1.165, 1.54) is 83.5 Å². The van der Waals surface area contributed by atoms with Crippen molar-refractivity contribution in [2.45, 2.75) is 219 Å². The fourth-order valence-corrected chi connectivity index (χ4v) is 6.87. The van der Waals surface area contributed by atoms with Crippen LogP contribution in [0.1, 0.15) is 201 Å². The number of allylic oxidation sites excluding steroid dienone is 20. The number of rotatable bonds is 43. The summed E-state index contributed by atoms with van der Waals surface area (Å²) in [6.45, 7) is 6.25. The summed E-state index contributed by atoms with van der Waals surface area (Å²) >= 11 is 0. The molecule has 6 nitrogen and oxygen atoms in total. The Labute approximate surface area is 387 Å². The molecule has 0 spiro atoms. The van der Waals surface area contributed by atoms with Gasteiger partial charge in [0.1, 0.15) is 6.10 Å². The molecule has 0 saturated carbocycles. The van der Waals surface area contributed by atoms with Crippen LogP contribution in [-0.2, 0) is 14.3 Å². The lowest BCUT2D eigenvalue weighted by Gasteiger charge is -2.24. The minimum Gasteiger partial charge on any atom is -0.462 e. The van der Waals surface area contributed by atoms with Crippen LogP contribution in [0, 0.1) is 0 Å². The molecule has 0 radical (unpaired) electrons. The predicted molar refractivity (Wildman–Crippen MR) is 273 cm³/mol. The van der Waals surface area contributed by atoms with Gasteiger partial charge in [0.15, 0.2) is 0 Å². The van der Waals surface area contributed by atoms with E-state index in [1.54, 1.807) is 0 Å². The Kier molecular flexibility index (Phi) is 46.4. The van der Waals surface area contributed by atoms with Gasteiger partial charge in [-0.2, -0.15) is 0 Å². The maximum absolute atomic E-state index is 13.2. The number of aliphatic hydroxyl groups is 2. The number of carbonyl (C=O) groups excluding carboxylic acids is 2. The van der Waals surface area contributed by atoms with Gasteiger partial charge in [0.05, 0.1) is 25.2 Å². The quantitative estimate of drug-likeness (QED) is 0.0245. The van der Waals surface area contributed by atoms with E-state index in [0.29, 0.717) is 19.3 Å². The number of unbranched alkanes of at least 4 members (excludes halogenated alkanes) is 16. The number of aliphatic hydroxyl groups excluding tert-OH is 2. The third-order valence-corrected chi connectivity index (χ3v) is 10.7. The molecule has 3 N–H and O–H groups in total. The van der Waals surface area contributed by atoms with Gasteiger partial charge in [-0.25, -0.2) is 0 Å². The number of nitrogens with one attached hydrogen (secondary N) is 1. The van der Waals surface area contributed by atoms with Crippen LogP contribution in [0.2, 0.25) is 0 Å². The first-order chi connectivity index (χ1) is 31.0. The predicted octanol–water partition coefficient (Wildman–Crippen LogP) is 15.3. The summed E-state index contributed by atoms with van der Waals surface area (Å²) in [7, 11) is 0. The second-order valence-electron chi connectivity index (χ2n) is 16.6. The lowest BCUT2D eigenvalue weighted by atomic mass is 10.0. The highest BCUT2D eigenvalue weighted by Gasteiger charge is 2.24. The third-order valence-electron chi connectivity index (χ3n) is 10.7. The van der Waals surface area contributed by atoms with E-state index in [-0.39, 0.29) is 31.3 Å². The van der Waals surface area contributed by atoms with E-state index in [4.69, 9.17) is 4.74 Å². The molecule has 0 heterocycles. The Morgan fingerprint density at radius 1 is 0.492 bits per heavy atom. The van der Waals surface area contributed by atoms with Crippen molar-refractivity contribution in [3.63, 3.8) is 0 Å². The summed E-state index contributed by atoms with van der Waals surface area (Å²) in [5.41, 5.74) is 0. The monoisotopic (exact) mass is 872 g/mol. The fourth-order valence-electron chi connectivity index (χ4n) is 6.87. The third kappa shape index (κ3) is 44.7. The molecule has 0 aliphatic rings. The molecule has 0 rings (SSSR count). The molecule has 0 saturated heterocycles. The summed E-state index contributed by atoms with van der Waals surface area (Å²) < 4.78 is 5.86. The van der Waals surface area contributed by atoms with Gasteiger partial charge in [0.25, 0.3) is 0 Å². The summed E-state index contributed by atoms with van der Waals surface area (Å²) in [5.74, 6) is -0.629. The van der Waals surface area contributed by atoms with Crippen LogP contribution in [-0.4, -0.2) is 46.9 Å². The van der Waals surface area contributed by atoms with Gasteiger partial charge in [-0.3, -0.25) is 9.59 Å². The standard InChI is InChI=1S/C57H93NO5/c1-4-7-10-13-16-19-22-25-27-28-30-32-35-38-41-44-47-50-57(62)63-53(48-45-42-39-36-33-31-29-26-23-20-17-14-11-8-5-2)51-56(61)58-54(52-59)55(60)49-46-43-40-37-34-24-21-18-15-12-9-6-3/h8,11,14,16-17,19-20,23,25-27,29-33,36,38-39,41,53-55,59-60H,4-7,9-10,12-13,15,18,21-22,24,28,34-35,37,40,42-52H2,1-3H3,(H,58,61)/b11-8-,17-14+,19-16-,23-20+,27-25-,29-26-,32-30-,33-31+,39-36+,41-38-. The Bertz CT molecular complexity index is 1350. The molecule has 1 amide bonds. The van der Waals surface area contributed by atoms with E-state index < -0.39 is 18.2 Å². The van der Waals surface area contributed by atoms with Crippen molar-refractivity contribution in [2.75, 3.05) is 6.61 Å². The van der Waals surface area contributed by atoms with Gasteiger partial charge in [-0.05, 0) is 77.0 Å². The van der Waals surface area contributed by atoms with Gasteiger partial charge in [0.2, 0.25) is 5.91 Å². The van der Waals surface area contributed by atoms with Gasteiger partial charge < -0.3 is 20.3 Å². The van der Waals surface area contributed by atoms with Gasteiger partial charge in [-0.15, -0.1) is 0 Å². The van der Waals surface area contributed by atoms with Crippen molar-refractivity contribution in [3.8, 4) is 0 Å². The van der Waals surface area contributed by atoms with Crippen LogP contribution >= 0.6 is 0 Å². The molecule has 0 aromatic heterocycles. The second-order valence-corrected chi connectivity index (χ2v) is 16.6. The van der Waals surface area contributed by atoms with Crippen molar-refractivity contribution < 1.29 is 24.5 Å². The van der Waals surface area contributed by atoms with Gasteiger partial charge in [-0.1, -0.05) is 232 Å². The largest absolute Gasteiger partial charge is 0.462 e. The van der Waals surface area contributed by atoms with E-state index in [9.17, 15) is 19.8 Å². The molecule has 0 aliphatic heterocycles.